The highest BCUT2D eigenvalue weighted by atomic mass is 16.6. The second-order valence-corrected chi connectivity index (χ2v) is 3.52. The van der Waals surface area contributed by atoms with E-state index in [0.29, 0.717) is 0 Å². The fraction of sp³-hybridized carbons (Fsp3) is 0.400. The Hall–Kier alpha value is -2.18. The van der Waals surface area contributed by atoms with E-state index in [-0.39, 0.29) is 23.7 Å². The number of hydrogen-bond donors (Lipinski definition) is 1. The average Bonchev–Trinajstić information content (AvgIpc) is 2.28. The van der Waals surface area contributed by atoms with Crippen LogP contribution in [0, 0.1) is 16.0 Å². The molecule has 7 nitrogen and oxygen atoms in total. The summed E-state index contributed by atoms with van der Waals surface area (Å²) in [6.07, 6.45) is -0.0111. The molecule has 0 aliphatic heterocycles. The fourth-order valence-corrected chi connectivity index (χ4v) is 1.28. The lowest BCUT2D eigenvalue weighted by Crippen LogP contribution is -2.14. The zero-order chi connectivity index (χ0) is 13.0. The standard InChI is InChI=1S/C10H12N2O5/c1-6(10(13)14)5-7-8(12(15)16)3-4-9(11-7)17-2/h3-4,6H,5H2,1-2H3,(H,13,14). The van der Waals surface area contributed by atoms with Crippen LogP contribution in [0.3, 0.4) is 0 Å². The Kier molecular flexibility index (Phi) is 3.97. The summed E-state index contributed by atoms with van der Waals surface area (Å²) in [5.41, 5.74) is -0.0804. The van der Waals surface area contributed by atoms with E-state index in [2.05, 4.69) is 4.98 Å². The first-order chi connectivity index (χ1) is 7.95. The van der Waals surface area contributed by atoms with Crippen molar-refractivity contribution in [3.8, 4) is 5.88 Å². The van der Waals surface area contributed by atoms with Crippen molar-refractivity contribution in [2.45, 2.75) is 13.3 Å². The third kappa shape index (κ3) is 3.13. The molecule has 1 heterocycles. The minimum Gasteiger partial charge on any atom is -0.481 e. The van der Waals surface area contributed by atoms with Crippen LogP contribution in [0.5, 0.6) is 5.88 Å². The Labute approximate surface area is 97.2 Å². The Bertz CT molecular complexity index is 446. The summed E-state index contributed by atoms with van der Waals surface area (Å²) in [4.78, 5) is 24.8. The van der Waals surface area contributed by atoms with Gasteiger partial charge in [0.15, 0.2) is 0 Å². The monoisotopic (exact) mass is 240 g/mol. The lowest BCUT2D eigenvalue weighted by Gasteiger charge is -2.07. The van der Waals surface area contributed by atoms with Crippen LogP contribution in [0.15, 0.2) is 12.1 Å². The fourth-order valence-electron chi connectivity index (χ4n) is 1.28. The van der Waals surface area contributed by atoms with E-state index >= 15 is 0 Å². The number of methoxy groups -OCH3 is 1. The molecule has 1 atom stereocenters. The Morgan fingerprint density at radius 3 is 2.76 bits per heavy atom. The molecule has 1 aromatic heterocycles. The summed E-state index contributed by atoms with van der Waals surface area (Å²) in [5, 5.41) is 19.5. The molecular formula is C10H12N2O5. The molecule has 0 aromatic carbocycles. The maximum Gasteiger partial charge on any atom is 0.306 e. The first kappa shape index (κ1) is 12.9. The Morgan fingerprint density at radius 1 is 1.65 bits per heavy atom. The molecule has 0 aliphatic rings. The molecule has 7 heteroatoms. The summed E-state index contributed by atoms with van der Waals surface area (Å²) in [6.45, 7) is 1.47. The van der Waals surface area contributed by atoms with E-state index in [9.17, 15) is 14.9 Å². The molecule has 92 valence electrons. The smallest absolute Gasteiger partial charge is 0.306 e. The number of aliphatic carboxylic acids is 1. The van der Waals surface area contributed by atoms with Gasteiger partial charge in [-0.1, -0.05) is 6.92 Å². The van der Waals surface area contributed by atoms with Crippen LogP contribution >= 0.6 is 0 Å². The third-order valence-corrected chi connectivity index (χ3v) is 2.25. The second-order valence-electron chi connectivity index (χ2n) is 3.52. The summed E-state index contributed by atoms with van der Waals surface area (Å²) in [7, 11) is 1.39. The van der Waals surface area contributed by atoms with Crippen LogP contribution in [0.4, 0.5) is 5.69 Å². The van der Waals surface area contributed by atoms with Crippen molar-refractivity contribution < 1.29 is 19.6 Å². The molecule has 0 fully saturated rings. The number of hydrogen-bond acceptors (Lipinski definition) is 5. The average molecular weight is 240 g/mol. The summed E-state index contributed by atoms with van der Waals surface area (Å²) in [5.74, 6) is -1.54. The minimum atomic E-state index is -1.02. The van der Waals surface area contributed by atoms with Gasteiger partial charge >= 0.3 is 5.97 Å². The number of nitrogens with zero attached hydrogens (tertiary/aromatic N) is 2. The van der Waals surface area contributed by atoms with Gasteiger partial charge in [-0.3, -0.25) is 14.9 Å². The van der Waals surface area contributed by atoms with Crippen LogP contribution in [0.25, 0.3) is 0 Å². The number of pyridine rings is 1. The largest absolute Gasteiger partial charge is 0.481 e. The van der Waals surface area contributed by atoms with Crippen molar-refractivity contribution in [3.63, 3.8) is 0 Å². The van der Waals surface area contributed by atoms with Crippen LogP contribution in [-0.2, 0) is 11.2 Å². The van der Waals surface area contributed by atoms with Crippen LogP contribution in [-0.4, -0.2) is 28.1 Å². The van der Waals surface area contributed by atoms with Crippen molar-refractivity contribution >= 4 is 11.7 Å². The first-order valence-corrected chi connectivity index (χ1v) is 4.86. The zero-order valence-electron chi connectivity index (χ0n) is 9.41. The first-order valence-electron chi connectivity index (χ1n) is 4.86. The van der Waals surface area contributed by atoms with Crippen molar-refractivity contribution in [3.05, 3.63) is 27.9 Å². The summed E-state index contributed by atoms with van der Waals surface area (Å²) in [6, 6.07) is 2.63. The van der Waals surface area contributed by atoms with Gasteiger partial charge in [-0.05, 0) is 0 Å². The number of rotatable bonds is 5. The maximum absolute atomic E-state index is 10.8. The topological polar surface area (TPSA) is 103 Å². The molecule has 0 bridgehead atoms. The van der Waals surface area contributed by atoms with Crippen LogP contribution in [0.1, 0.15) is 12.6 Å². The number of carboxylic acids is 1. The van der Waals surface area contributed by atoms with Crippen LogP contribution in [0.2, 0.25) is 0 Å². The number of aromatic nitrogens is 1. The highest BCUT2D eigenvalue weighted by Gasteiger charge is 2.21. The molecule has 0 spiro atoms. The van der Waals surface area contributed by atoms with E-state index in [1.165, 1.54) is 26.2 Å². The molecule has 1 rings (SSSR count). The van der Waals surface area contributed by atoms with Gasteiger partial charge < -0.3 is 9.84 Å². The van der Waals surface area contributed by atoms with E-state index in [4.69, 9.17) is 9.84 Å². The molecule has 17 heavy (non-hydrogen) atoms. The Balaban J connectivity index is 3.09. The normalized spacial score (nSPS) is 11.9. The molecule has 0 saturated carbocycles. The van der Waals surface area contributed by atoms with Crippen molar-refractivity contribution in [1.29, 1.82) is 0 Å². The van der Waals surface area contributed by atoms with Crippen molar-refractivity contribution in [2.24, 2.45) is 5.92 Å². The summed E-state index contributed by atoms with van der Waals surface area (Å²) >= 11 is 0. The zero-order valence-corrected chi connectivity index (χ0v) is 9.41. The predicted molar refractivity (Wildman–Crippen MR) is 57.9 cm³/mol. The van der Waals surface area contributed by atoms with E-state index in [1.807, 2.05) is 0 Å². The highest BCUT2D eigenvalue weighted by Crippen LogP contribution is 2.22. The van der Waals surface area contributed by atoms with E-state index in [0.717, 1.165) is 0 Å². The van der Waals surface area contributed by atoms with Gasteiger partial charge in [-0.2, -0.15) is 0 Å². The molecule has 1 N–H and O–H groups in total. The van der Waals surface area contributed by atoms with Gasteiger partial charge in [0.05, 0.1) is 18.0 Å². The quantitative estimate of drug-likeness (QED) is 0.614. The van der Waals surface area contributed by atoms with Crippen molar-refractivity contribution in [1.82, 2.24) is 4.98 Å². The van der Waals surface area contributed by atoms with Gasteiger partial charge in [-0.15, -0.1) is 0 Å². The molecule has 0 aliphatic carbocycles. The maximum atomic E-state index is 10.8. The van der Waals surface area contributed by atoms with Gasteiger partial charge in [-0.25, -0.2) is 4.98 Å². The Morgan fingerprint density at radius 2 is 2.29 bits per heavy atom. The number of nitro groups is 1. The molecule has 0 radical (unpaired) electrons. The van der Waals surface area contributed by atoms with Crippen molar-refractivity contribution in [2.75, 3.05) is 7.11 Å². The number of ether oxygens (including phenoxy) is 1. The second kappa shape index (κ2) is 5.24. The minimum absolute atomic E-state index is 0.0111. The highest BCUT2D eigenvalue weighted by molar-refractivity contribution is 5.70. The molecular weight excluding hydrogens is 228 g/mol. The third-order valence-electron chi connectivity index (χ3n) is 2.25. The van der Waals surface area contributed by atoms with Crippen LogP contribution < -0.4 is 4.74 Å². The van der Waals surface area contributed by atoms with E-state index in [1.54, 1.807) is 0 Å². The van der Waals surface area contributed by atoms with Gasteiger partial charge in [0.1, 0.15) is 5.69 Å². The molecule has 1 aromatic rings. The number of carbonyl (C=O) groups is 1. The summed E-state index contributed by atoms with van der Waals surface area (Å²) < 4.78 is 4.85. The predicted octanol–water partition coefficient (Wildman–Crippen LogP) is 1.26. The van der Waals surface area contributed by atoms with E-state index < -0.39 is 16.8 Å². The SMILES string of the molecule is COc1ccc([N+](=O)[O-])c(CC(C)C(=O)O)n1. The molecule has 0 saturated heterocycles. The van der Waals surface area contributed by atoms with Gasteiger partial charge in [0.25, 0.3) is 5.69 Å². The van der Waals surface area contributed by atoms with Gasteiger partial charge in [0, 0.05) is 18.6 Å². The number of carboxylic acid groups (broad SMARTS) is 1. The molecule has 1 unspecified atom stereocenters. The van der Waals surface area contributed by atoms with Gasteiger partial charge in [0.2, 0.25) is 5.88 Å². The lowest BCUT2D eigenvalue weighted by molar-refractivity contribution is -0.386. The lowest BCUT2D eigenvalue weighted by atomic mass is 10.0. The molecule has 0 amide bonds.